The van der Waals surface area contributed by atoms with E-state index in [4.69, 9.17) is 4.74 Å². The van der Waals surface area contributed by atoms with E-state index in [2.05, 4.69) is 15.5 Å². The van der Waals surface area contributed by atoms with Gasteiger partial charge in [0.25, 0.3) is 5.91 Å². The van der Waals surface area contributed by atoms with Crippen LogP contribution < -0.4 is 0 Å². The lowest BCUT2D eigenvalue weighted by Gasteiger charge is -2.33. The molecule has 1 aliphatic rings. The van der Waals surface area contributed by atoms with Crippen molar-refractivity contribution in [3.05, 3.63) is 72.1 Å². The number of para-hydroxylation sites is 1. The van der Waals surface area contributed by atoms with Crippen LogP contribution in [-0.2, 0) is 4.74 Å². The fraction of sp³-hybridized carbons (Fsp3) is 0.222. The highest BCUT2D eigenvalue weighted by molar-refractivity contribution is 5.97. The maximum absolute atomic E-state index is 13.1. The molecule has 1 amide bonds. The molecule has 25 heavy (non-hydrogen) atoms. The lowest BCUT2D eigenvalue weighted by Crippen LogP contribution is -2.42. The molecule has 126 valence electrons. The largest absolute Gasteiger partial charge is 0.370 e. The van der Waals surface area contributed by atoms with E-state index in [1.54, 1.807) is 6.07 Å². The molecule has 0 N–H and O–H groups in total. The smallest absolute Gasteiger partial charge is 0.256 e. The van der Waals surface area contributed by atoms with Crippen LogP contribution in [0.1, 0.15) is 22.0 Å². The summed E-state index contributed by atoms with van der Waals surface area (Å²) in [6.45, 7) is 1.59. The number of carbonyl (C=O) groups is 1. The Hall–Kier alpha value is -3.06. The highest BCUT2D eigenvalue weighted by Gasteiger charge is 2.27. The number of nitrogens with zero attached hydrogens (tertiary/aromatic N) is 5. The Morgan fingerprint density at radius 3 is 2.68 bits per heavy atom. The molecule has 1 aromatic heterocycles. The first-order chi connectivity index (χ1) is 12.3. The van der Waals surface area contributed by atoms with Gasteiger partial charge < -0.3 is 9.64 Å². The maximum Gasteiger partial charge on any atom is 0.256 e. The predicted molar refractivity (Wildman–Crippen MR) is 90.2 cm³/mol. The number of ether oxygens (including phenoxy) is 1. The van der Waals surface area contributed by atoms with Crippen LogP contribution in [0.2, 0.25) is 0 Å². The van der Waals surface area contributed by atoms with E-state index in [0.717, 1.165) is 5.56 Å². The van der Waals surface area contributed by atoms with Crippen LogP contribution >= 0.6 is 0 Å². The van der Waals surface area contributed by atoms with Gasteiger partial charge >= 0.3 is 0 Å². The Morgan fingerprint density at radius 2 is 1.88 bits per heavy atom. The van der Waals surface area contributed by atoms with Gasteiger partial charge in [-0.1, -0.05) is 42.5 Å². The van der Waals surface area contributed by atoms with E-state index in [1.165, 1.54) is 11.0 Å². The van der Waals surface area contributed by atoms with Crippen LogP contribution in [-0.4, -0.2) is 50.7 Å². The average Bonchev–Trinajstić information content (AvgIpc) is 3.23. The van der Waals surface area contributed by atoms with Crippen LogP contribution in [0.4, 0.5) is 0 Å². The topological polar surface area (TPSA) is 73.1 Å². The summed E-state index contributed by atoms with van der Waals surface area (Å²) < 4.78 is 7.35. The zero-order chi connectivity index (χ0) is 17.1. The lowest BCUT2D eigenvalue weighted by atomic mass is 10.1. The fourth-order valence-electron chi connectivity index (χ4n) is 3.00. The molecule has 3 aromatic rings. The van der Waals surface area contributed by atoms with E-state index >= 15 is 0 Å². The fourth-order valence-corrected chi connectivity index (χ4v) is 3.00. The molecule has 4 rings (SSSR count). The first-order valence-corrected chi connectivity index (χ1v) is 8.11. The van der Waals surface area contributed by atoms with Crippen LogP contribution in [0.3, 0.4) is 0 Å². The van der Waals surface area contributed by atoms with Crippen molar-refractivity contribution in [2.24, 2.45) is 0 Å². The normalized spacial score (nSPS) is 17.4. The summed E-state index contributed by atoms with van der Waals surface area (Å²) in [4.78, 5) is 14.9. The van der Waals surface area contributed by atoms with Gasteiger partial charge in [-0.15, -0.1) is 5.10 Å². The Labute approximate surface area is 144 Å². The monoisotopic (exact) mass is 335 g/mol. The number of morpholine rings is 1. The minimum absolute atomic E-state index is 0.0460. The Balaban J connectivity index is 1.59. The SMILES string of the molecule is O=C(c1ccccc1-n1cnnn1)N1CCO[C@H](c2ccccc2)C1. The lowest BCUT2D eigenvalue weighted by molar-refractivity contribution is -0.0228. The Kier molecular flexibility index (Phi) is 4.22. The van der Waals surface area contributed by atoms with Crippen LogP contribution in [0.5, 0.6) is 0 Å². The van der Waals surface area contributed by atoms with Crippen molar-refractivity contribution in [2.75, 3.05) is 19.7 Å². The molecule has 1 fully saturated rings. The van der Waals surface area contributed by atoms with Crippen LogP contribution in [0, 0.1) is 0 Å². The summed E-state index contributed by atoms with van der Waals surface area (Å²) in [7, 11) is 0. The molecular formula is C18H17N5O2. The second-order valence-corrected chi connectivity index (χ2v) is 5.79. The third-order valence-electron chi connectivity index (χ3n) is 4.26. The summed E-state index contributed by atoms with van der Waals surface area (Å²) in [6, 6.07) is 17.3. The van der Waals surface area contributed by atoms with E-state index in [9.17, 15) is 4.79 Å². The van der Waals surface area contributed by atoms with Gasteiger partial charge in [0.15, 0.2) is 0 Å². The minimum Gasteiger partial charge on any atom is -0.370 e. The van der Waals surface area contributed by atoms with Crippen molar-refractivity contribution in [3.63, 3.8) is 0 Å². The van der Waals surface area contributed by atoms with Crippen molar-refractivity contribution in [1.29, 1.82) is 0 Å². The maximum atomic E-state index is 13.1. The highest BCUT2D eigenvalue weighted by Crippen LogP contribution is 2.24. The van der Waals surface area contributed by atoms with Crippen molar-refractivity contribution in [3.8, 4) is 5.69 Å². The van der Waals surface area contributed by atoms with Gasteiger partial charge in [0.05, 0.1) is 24.4 Å². The van der Waals surface area contributed by atoms with Crippen molar-refractivity contribution >= 4 is 5.91 Å². The first-order valence-electron chi connectivity index (χ1n) is 8.11. The number of aromatic nitrogens is 4. The summed E-state index contributed by atoms with van der Waals surface area (Å²) in [6.07, 6.45) is 1.37. The average molecular weight is 335 g/mol. The Morgan fingerprint density at radius 1 is 1.08 bits per heavy atom. The van der Waals surface area contributed by atoms with Gasteiger partial charge in [-0.3, -0.25) is 4.79 Å². The summed E-state index contributed by atoms with van der Waals surface area (Å²) in [5.41, 5.74) is 2.32. The van der Waals surface area contributed by atoms with E-state index in [0.29, 0.717) is 30.9 Å². The van der Waals surface area contributed by atoms with Gasteiger partial charge in [-0.2, -0.15) is 4.68 Å². The van der Waals surface area contributed by atoms with Gasteiger partial charge in [-0.25, -0.2) is 0 Å². The molecule has 1 aliphatic heterocycles. The van der Waals surface area contributed by atoms with E-state index in [1.807, 2.05) is 53.4 Å². The van der Waals surface area contributed by atoms with Crippen LogP contribution in [0.25, 0.3) is 5.69 Å². The van der Waals surface area contributed by atoms with Gasteiger partial charge in [0.1, 0.15) is 12.4 Å². The number of hydrogen-bond acceptors (Lipinski definition) is 5. The third kappa shape index (κ3) is 3.14. The quantitative estimate of drug-likeness (QED) is 0.731. The van der Waals surface area contributed by atoms with Crippen molar-refractivity contribution < 1.29 is 9.53 Å². The molecule has 7 heteroatoms. The molecule has 0 unspecified atom stereocenters. The number of hydrogen-bond donors (Lipinski definition) is 0. The zero-order valence-electron chi connectivity index (χ0n) is 13.5. The molecule has 2 aromatic carbocycles. The minimum atomic E-state index is -0.112. The van der Waals surface area contributed by atoms with Crippen molar-refractivity contribution in [1.82, 2.24) is 25.1 Å². The number of rotatable bonds is 3. The summed E-state index contributed by atoms with van der Waals surface area (Å²) in [5, 5.41) is 11.2. The highest BCUT2D eigenvalue weighted by atomic mass is 16.5. The zero-order valence-corrected chi connectivity index (χ0v) is 13.5. The standard InChI is InChI=1S/C18H17N5O2/c24-18(15-8-4-5-9-16(15)23-13-19-20-21-23)22-10-11-25-17(12-22)14-6-2-1-3-7-14/h1-9,13,17H,10-12H2/t17-/m0/s1. The Bertz CT molecular complexity index is 851. The molecule has 0 saturated carbocycles. The molecule has 7 nitrogen and oxygen atoms in total. The predicted octanol–water partition coefficient (Wildman–Crippen LogP) is 1.88. The van der Waals surface area contributed by atoms with Gasteiger partial charge in [0.2, 0.25) is 0 Å². The van der Waals surface area contributed by atoms with E-state index < -0.39 is 0 Å². The van der Waals surface area contributed by atoms with Gasteiger partial charge in [0, 0.05) is 6.54 Å². The molecule has 0 spiro atoms. The second kappa shape index (κ2) is 6.82. The second-order valence-electron chi connectivity index (χ2n) is 5.79. The number of carbonyl (C=O) groups excluding carboxylic acids is 1. The van der Waals surface area contributed by atoms with Crippen LogP contribution in [0.15, 0.2) is 60.9 Å². The molecule has 1 saturated heterocycles. The van der Waals surface area contributed by atoms with Crippen molar-refractivity contribution in [2.45, 2.75) is 6.10 Å². The molecule has 0 radical (unpaired) electrons. The number of tetrazole rings is 1. The number of amides is 1. The number of benzene rings is 2. The molecule has 1 atom stereocenters. The molecular weight excluding hydrogens is 318 g/mol. The molecule has 2 heterocycles. The first kappa shape index (κ1) is 15.5. The summed E-state index contributed by atoms with van der Waals surface area (Å²) >= 11 is 0. The molecule has 0 aliphatic carbocycles. The molecule has 0 bridgehead atoms. The summed E-state index contributed by atoms with van der Waals surface area (Å²) in [5.74, 6) is -0.0460. The van der Waals surface area contributed by atoms with Gasteiger partial charge in [-0.05, 0) is 28.1 Å². The third-order valence-corrected chi connectivity index (χ3v) is 4.26. The van der Waals surface area contributed by atoms with E-state index in [-0.39, 0.29) is 12.0 Å².